The molecule has 3 rings (SSSR count). The number of aromatic nitrogens is 2. The summed E-state index contributed by atoms with van der Waals surface area (Å²) in [5.41, 5.74) is 3.27. The lowest BCUT2D eigenvalue weighted by atomic mass is 9.87. The number of nitrogens with zero attached hydrogens (tertiary/aromatic N) is 4. The zero-order valence-corrected chi connectivity index (χ0v) is 18.0. The van der Waals surface area contributed by atoms with Crippen LogP contribution in [0.5, 0.6) is 0 Å². The van der Waals surface area contributed by atoms with Crippen LogP contribution in [0, 0.1) is 6.92 Å². The number of ether oxygens (including phenoxy) is 1. The molecule has 1 saturated heterocycles. The van der Waals surface area contributed by atoms with Crippen molar-refractivity contribution < 1.29 is 9.53 Å². The molecule has 0 atom stereocenters. The molecule has 1 aromatic heterocycles. The highest BCUT2D eigenvalue weighted by atomic mass is 16.6. The van der Waals surface area contributed by atoms with Gasteiger partial charge < -0.3 is 19.9 Å². The molecular weight excluding hydrogens is 366 g/mol. The van der Waals surface area contributed by atoms with E-state index in [4.69, 9.17) is 9.72 Å². The van der Waals surface area contributed by atoms with Gasteiger partial charge in [-0.25, -0.2) is 9.78 Å². The van der Waals surface area contributed by atoms with Crippen LogP contribution in [0.1, 0.15) is 39.0 Å². The van der Waals surface area contributed by atoms with Crippen molar-refractivity contribution >= 4 is 23.5 Å². The average molecular weight is 398 g/mol. The summed E-state index contributed by atoms with van der Waals surface area (Å²) < 4.78 is 5.09. The third kappa shape index (κ3) is 5.37. The maximum Gasteiger partial charge on any atom is 0.409 e. The summed E-state index contributed by atoms with van der Waals surface area (Å²) in [6.45, 7) is 13.5. The van der Waals surface area contributed by atoms with Crippen LogP contribution in [-0.4, -0.2) is 53.7 Å². The van der Waals surface area contributed by atoms with Gasteiger partial charge in [-0.05, 0) is 37.0 Å². The fourth-order valence-corrected chi connectivity index (χ4v) is 3.29. The fourth-order valence-electron chi connectivity index (χ4n) is 3.29. The number of hydrogen-bond acceptors (Lipinski definition) is 6. The molecule has 2 heterocycles. The second-order valence-corrected chi connectivity index (χ2v) is 8.32. The maximum atomic E-state index is 11.9. The highest BCUT2D eigenvalue weighted by molar-refractivity contribution is 5.68. The first-order valence-electron chi connectivity index (χ1n) is 10.2. The summed E-state index contributed by atoms with van der Waals surface area (Å²) in [6, 6.07) is 10.4. The molecule has 0 aliphatic carbocycles. The second-order valence-electron chi connectivity index (χ2n) is 8.32. The molecule has 0 bridgehead atoms. The molecule has 1 aromatic carbocycles. The van der Waals surface area contributed by atoms with Gasteiger partial charge in [-0.15, -0.1) is 0 Å². The van der Waals surface area contributed by atoms with Crippen LogP contribution in [0.25, 0.3) is 0 Å². The zero-order chi connectivity index (χ0) is 21.0. The topological polar surface area (TPSA) is 70.6 Å². The third-order valence-electron chi connectivity index (χ3n) is 4.98. The Balaban J connectivity index is 1.68. The molecule has 2 aromatic rings. The lowest BCUT2D eigenvalue weighted by Crippen LogP contribution is -2.49. The number of benzene rings is 1. The van der Waals surface area contributed by atoms with Crippen LogP contribution in [0.2, 0.25) is 0 Å². The number of rotatable bonds is 4. The molecule has 0 unspecified atom stereocenters. The van der Waals surface area contributed by atoms with E-state index < -0.39 is 0 Å². The predicted molar refractivity (Wildman–Crippen MR) is 116 cm³/mol. The highest BCUT2D eigenvalue weighted by Gasteiger charge is 2.23. The van der Waals surface area contributed by atoms with Gasteiger partial charge in [0.25, 0.3) is 0 Å². The first-order valence-corrected chi connectivity index (χ1v) is 10.2. The van der Waals surface area contributed by atoms with E-state index in [0.717, 1.165) is 30.3 Å². The van der Waals surface area contributed by atoms with E-state index in [9.17, 15) is 4.79 Å². The van der Waals surface area contributed by atoms with Crippen molar-refractivity contribution in [1.29, 1.82) is 0 Å². The van der Waals surface area contributed by atoms with Gasteiger partial charge in [-0.3, -0.25) is 0 Å². The minimum absolute atomic E-state index is 0.122. The molecule has 1 N–H and O–H groups in total. The van der Waals surface area contributed by atoms with Crippen molar-refractivity contribution in [3.63, 3.8) is 0 Å². The number of anilines is 3. The Hall–Kier alpha value is -2.83. The van der Waals surface area contributed by atoms with Crippen LogP contribution in [-0.2, 0) is 10.2 Å². The summed E-state index contributed by atoms with van der Waals surface area (Å²) >= 11 is 0. The molecule has 1 fully saturated rings. The molecule has 1 aliphatic rings. The van der Waals surface area contributed by atoms with Gasteiger partial charge in [-0.2, -0.15) is 4.98 Å². The second kappa shape index (κ2) is 8.68. The van der Waals surface area contributed by atoms with Crippen molar-refractivity contribution in [2.24, 2.45) is 0 Å². The summed E-state index contributed by atoms with van der Waals surface area (Å²) in [5, 5.41) is 3.31. The van der Waals surface area contributed by atoms with Crippen LogP contribution < -0.4 is 10.2 Å². The van der Waals surface area contributed by atoms with E-state index in [-0.39, 0.29) is 11.5 Å². The molecule has 29 heavy (non-hydrogen) atoms. The first kappa shape index (κ1) is 20.9. The molecule has 0 spiro atoms. The Morgan fingerprint density at radius 1 is 1.10 bits per heavy atom. The van der Waals surface area contributed by atoms with E-state index in [2.05, 4.69) is 60.2 Å². The molecule has 0 saturated carbocycles. The van der Waals surface area contributed by atoms with E-state index >= 15 is 0 Å². The van der Waals surface area contributed by atoms with Gasteiger partial charge in [0.05, 0.1) is 6.61 Å². The summed E-state index contributed by atoms with van der Waals surface area (Å²) in [5.74, 6) is 1.45. The Morgan fingerprint density at radius 3 is 2.34 bits per heavy atom. The largest absolute Gasteiger partial charge is 0.450 e. The van der Waals surface area contributed by atoms with Gasteiger partial charge in [0, 0.05) is 43.6 Å². The minimum atomic E-state index is -0.243. The van der Waals surface area contributed by atoms with Gasteiger partial charge in [0.2, 0.25) is 5.95 Å². The quantitative estimate of drug-likeness (QED) is 0.837. The van der Waals surface area contributed by atoms with Crippen molar-refractivity contribution in [2.45, 2.75) is 40.0 Å². The molecule has 1 amide bonds. The van der Waals surface area contributed by atoms with Gasteiger partial charge in [0.15, 0.2) is 0 Å². The third-order valence-corrected chi connectivity index (χ3v) is 4.98. The summed E-state index contributed by atoms with van der Waals surface area (Å²) in [7, 11) is 0. The molecule has 156 valence electrons. The zero-order valence-electron chi connectivity index (χ0n) is 18.0. The standard InChI is InChI=1S/C22H31N5O2/c1-6-29-21(28)27-13-11-26(12-14-27)19-15-16(2)23-20(25-19)24-18-9-7-17(8-10-18)22(3,4)5/h7-10,15H,6,11-14H2,1-5H3,(H,23,24,25). The number of carbonyl (C=O) groups is 1. The van der Waals surface area contributed by atoms with Crippen LogP contribution in [0.3, 0.4) is 0 Å². The number of carbonyl (C=O) groups excluding carboxylic acids is 1. The number of hydrogen-bond donors (Lipinski definition) is 1. The van der Waals surface area contributed by atoms with Gasteiger partial charge in [0.1, 0.15) is 5.82 Å². The number of amides is 1. The highest BCUT2D eigenvalue weighted by Crippen LogP contribution is 2.25. The first-order chi connectivity index (χ1) is 13.8. The van der Waals surface area contributed by atoms with E-state index in [0.29, 0.717) is 25.6 Å². The lowest BCUT2D eigenvalue weighted by Gasteiger charge is -2.34. The molecule has 0 radical (unpaired) electrons. The lowest BCUT2D eigenvalue weighted by molar-refractivity contribution is 0.105. The number of aryl methyl sites for hydroxylation is 1. The predicted octanol–water partition coefficient (Wildman–Crippen LogP) is 4.10. The Labute approximate surface area is 173 Å². The van der Waals surface area contributed by atoms with E-state index in [1.54, 1.807) is 4.90 Å². The Bertz CT molecular complexity index is 837. The summed E-state index contributed by atoms with van der Waals surface area (Å²) in [4.78, 5) is 25.0. The van der Waals surface area contributed by atoms with Crippen molar-refractivity contribution in [1.82, 2.24) is 14.9 Å². The number of nitrogens with one attached hydrogen (secondary N) is 1. The van der Waals surface area contributed by atoms with Gasteiger partial charge in [-0.1, -0.05) is 32.9 Å². The Kier molecular flexibility index (Phi) is 6.25. The van der Waals surface area contributed by atoms with E-state index in [1.807, 2.05) is 19.9 Å². The monoisotopic (exact) mass is 397 g/mol. The van der Waals surface area contributed by atoms with Crippen LogP contribution in [0.15, 0.2) is 30.3 Å². The van der Waals surface area contributed by atoms with Crippen molar-refractivity contribution in [2.75, 3.05) is 43.0 Å². The smallest absolute Gasteiger partial charge is 0.409 e. The maximum absolute atomic E-state index is 11.9. The Morgan fingerprint density at radius 2 is 1.76 bits per heavy atom. The SMILES string of the molecule is CCOC(=O)N1CCN(c2cc(C)nc(Nc3ccc(C(C)(C)C)cc3)n2)CC1. The van der Waals surface area contributed by atoms with Gasteiger partial charge >= 0.3 is 6.09 Å². The van der Waals surface area contributed by atoms with E-state index in [1.165, 1.54) is 5.56 Å². The van der Waals surface area contributed by atoms with Crippen molar-refractivity contribution in [3.8, 4) is 0 Å². The molecule has 7 heteroatoms. The van der Waals surface area contributed by atoms with Crippen molar-refractivity contribution in [3.05, 3.63) is 41.6 Å². The fraction of sp³-hybridized carbons (Fsp3) is 0.500. The van der Waals surface area contributed by atoms with Crippen LogP contribution in [0.4, 0.5) is 22.2 Å². The normalized spacial score (nSPS) is 14.7. The minimum Gasteiger partial charge on any atom is -0.450 e. The van der Waals surface area contributed by atoms with Crippen LogP contribution >= 0.6 is 0 Å². The summed E-state index contributed by atoms with van der Waals surface area (Å²) in [6.07, 6.45) is -0.243. The number of piperazine rings is 1. The molecular formula is C22H31N5O2. The molecule has 1 aliphatic heterocycles. The average Bonchev–Trinajstić information content (AvgIpc) is 2.67. The molecule has 7 nitrogen and oxygen atoms in total.